The van der Waals surface area contributed by atoms with Crippen LogP contribution >= 0.6 is 11.8 Å². The van der Waals surface area contributed by atoms with E-state index in [9.17, 15) is 28.9 Å². The minimum absolute atomic E-state index is 0.0160. The zero-order chi connectivity index (χ0) is 22.7. The van der Waals surface area contributed by atoms with E-state index in [4.69, 9.17) is 0 Å². The largest absolute Gasteiger partial charge is 0.353 e. The number of nitrogens with one attached hydrogen (secondary N) is 1. The van der Waals surface area contributed by atoms with Crippen LogP contribution in [0.2, 0.25) is 0 Å². The van der Waals surface area contributed by atoms with E-state index in [0.717, 1.165) is 16.7 Å². The number of aryl methyl sites for hydroxylation is 1. The van der Waals surface area contributed by atoms with Gasteiger partial charge in [0.25, 0.3) is 11.1 Å². The first-order valence-electron chi connectivity index (χ1n) is 9.13. The standard InChI is InChI=1S/C19H18FN5O5S/c1-11-17(25(29)30)12(2)24(22-11)10-16(26)21-7-8-23-18(27)15(31-19(23)28)9-13-3-5-14(20)6-4-13/h3-6,9H,7-8,10H2,1-2H3,(H,21,26)/b15-9+. The normalized spacial score (nSPS) is 15.1. The fourth-order valence-corrected chi connectivity index (χ4v) is 3.87. The Hall–Kier alpha value is -3.54. The maximum Gasteiger partial charge on any atom is 0.312 e. The molecule has 12 heteroatoms. The van der Waals surface area contributed by atoms with Crippen molar-refractivity contribution in [1.82, 2.24) is 20.0 Å². The predicted molar refractivity (Wildman–Crippen MR) is 110 cm³/mol. The van der Waals surface area contributed by atoms with Crippen LogP contribution in [-0.4, -0.2) is 49.7 Å². The highest BCUT2D eigenvalue weighted by atomic mass is 32.2. The van der Waals surface area contributed by atoms with Crippen LogP contribution < -0.4 is 5.32 Å². The molecule has 1 N–H and O–H groups in total. The molecule has 1 aromatic heterocycles. The molecule has 1 saturated heterocycles. The van der Waals surface area contributed by atoms with Gasteiger partial charge in [-0.1, -0.05) is 12.1 Å². The maximum atomic E-state index is 13.0. The van der Waals surface area contributed by atoms with Crippen LogP contribution in [0.1, 0.15) is 17.0 Å². The van der Waals surface area contributed by atoms with Gasteiger partial charge in [-0.3, -0.25) is 34.1 Å². The van der Waals surface area contributed by atoms with Gasteiger partial charge in [0.15, 0.2) is 0 Å². The highest BCUT2D eigenvalue weighted by Crippen LogP contribution is 2.31. The average Bonchev–Trinajstić information content (AvgIpc) is 3.12. The Morgan fingerprint density at radius 2 is 1.97 bits per heavy atom. The van der Waals surface area contributed by atoms with Gasteiger partial charge in [-0.2, -0.15) is 5.10 Å². The highest BCUT2D eigenvalue weighted by Gasteiger charge is 2.34. The smallest absolute Gasteiger partial charge is 0.312 e. The molecule has 1 fully saturated rings. The summed E-state index contributed by atoms with van der Waals surface area (Å²) in [5.41, 5.74) is 0.910. The first kappa shape index (κ1) is 22.2. The van der Waals surface area contributed by atoms with E-state index in [0.29, 0.717) is 5.56 Å². The molecule has 162 valence electrons. The molecule has 0 radical (unpaired) electrons. The van der Waals surface area contributed by atoms with Gasteiger partial charge in [-0.25, -0.2) is 4.39 Å². The summed E-state index contributed by atoms with van der Waals surface area (Å²) in [5.74, 6) is -1.37. The lowest BCUT2D eigenvalue weighted by molar-refractivity contribution is -0.386. The van der Waals surface area contributed by atoms with E-state index in [2.05, 4.69) is 10.4 Å². The van der Waals surface area contributed by atoms with Crippen LogP contribution in [0.5, 0.6) is 0 Å². The van der Waals surface area contributed by atoms with Gasteiger partial charge in [0.1, 0.15) is 23.7 Å². The monoisotopic (exact) mass is 447 g/mol. The van der Waals surface area contributed by atoms with Crippen LogP contribution in [0.15, 0.2) is 29.2 Å². The molecule has 2 heterocycles. The number of carbonyl (C=O) groups is 3. The highest BCUT2D eigenvalue weighted by molar-refractivity contribution is 8.18. The number of halogens is 1. The number of hydrogen-bond donors (Lipinski definition) is 1. The second-order valence-electron chi connectivity index (χ2n) is 6.67. The van der Waals surface area contributed by atoms with E-state index < -0.39 is 27.8 Å². The molecule has 0 saturated carbocycles. The molecule has 3 amide bonds. The summed E-state index contributed by atoms with van der Waals surface area (Å²) in [5, 5.41) is 17.1. The quantitative estimate of drug-likeness (QED) is 0.392. The van der Waals surface area contributed by atoms with Crippen molar-refractivity contribution in [2.24, 2.45) is 0 Å². The van der Waals surface area contributed by atoms with Gasteiger partial charge in [-0.15, -0.1) is 0 Å². The van der Waals surface area contributed by atoms with Gasteiger partial charge >= 0.3 is 5.69 Å². The number of rotatable bonds is 7. The Labute approximate surface area is 180 Å². The van der Waals surface area contributed by atoms with Crippen molar-refractivity contribution in [3.8, 4) is 0 Å². The van der Waals surface area contributed by atoms with Gasteiger partial charge in [0, 0.05) is 13.1 Å². The van der Waals surface area contributed by atoms with Crippen molar-refractivity contribution in [2.45, 2.75) is 20.4 Å². The first-order chi connectivity index (χ1) is 14.7. The number of hydrogen-bond acceptors (Lipinski definition) is 7. The molecule has 0 unspecified atom stereocenters. The Kier molecular flexibility index (Phi) is 6.49. The molecule has 3 rings (SSSR count). The lowest BCUT2D eigenvalue weighted by Crippen LogP contribution is -2.38. The van der Waals surface area contributed by atoms with Crippen molar-refractivity contribution < 1.29 is 23.7 Å². The van der Waals surface area contributed by atoms with Crippen molar-refractivity contribution in [1.29, 1.82) is 0 Å². The molecule has 1 aliphatic heterocycles. The van der Waals surface area contributed by atoms with Crippen molar-refractivity contribution in [3.05, 3.63) is 62.1 Å². The number of nitrogens with zero attached hydrogens (tertiary/aromatic N) is 4. The number of imide groups is 1. The molecule has 0 aliphatic carbocycles. The molecule has 10 nitrogen and oxygen atoms in total. The fraction of sp³-hybridized carbons (Fsp3) is 0.263. The number of carbonyl (C=O) groups excluding carboxylic acids is 3. The van der Waals surface area contributed by atoms with Crippen LogP contribution in [-0.2, 0) is 16.1 Å². The molecule has 2 aromatic rings. The average molecular weight is 447 g/mol. The van der Waals surface area contributed by atoms with Gasteiger partial charge in [-0.05, 0) is 49.4 Å². The SMILES string of the molecule is Cc1nn(CC(=O)NCCN2C(=O)S/C(=C/c3ccc(F)cc3)C2=O)c(C)c1[N+](=O)[O-]. The molecular weight excluding hydrogens is 429 g/mol. The molecule has 0 spiro atoms. The minimum Gasteiger partial charge on any atom is -0.353 e. The third-order valence-electron chi connectivity index (χ3n) is 4.52. The summed E-state index contributed by atoms with van der Waals surface area (Å²) in [6, 6.07) is 5.49. The van der Waals surface area contributed by atoms with E-state index in [-0.39, 0.29) is 41.6 Å². The van der Waals surface area contributed by atoms with Crippen LogP contribution in [0, 0.1) is 29.8 Å². The zero-order valence-electron chi connectivity index (χ0n) is 16.6. The number of aromatic nitrogens is 2. The van der Waals surface area contributed by atoms with Gasteiger partial charge in [0.05, 0.1) is 9.83 Å². The maximum absolute atomic E-state index is 13.0. The second-order valence-corrected chi connectivity index (χ2v) is 7.66. The Morgan fingerprint density at radius 3 is 2.58 bits per heavy atom. The number of amides is 3. The fourth-order valence-electron chi connectivity index (χ4n) is 3.01. The number of thioether (sulfide) groups is 1. The van der Waals surface area contributed by atoms with E-state index in [1.165, 1.54) is 48.9 Å². The molecule has 1 aromatic carbocycles. The molecule has 0 bridgehead atoms. The molecule has 31 heavy (non-hydrogen) atoms. The predicted octanol–water partition coefficient (Wildman–Crippen LogP) is 2.40. The third-order valence-corrected chi connectivity index (χ3v) is 5.43. The number of benzene rings is 1. The van der Waals surface area contributed by atoms with Crippen LogP contribution in [0.3, 0.4) is 0 Å². The lowest BCUT2D eigenvalue weighted by Gasteiger charge is -2.13. The topological polar surface area (TPSA) is 127 Å². The van der Waals surface area contributed by atoms with E-state index in [1.807, 2.05) is 0 Å². The van der Waals surface area contributed by atoms with E-state index in [1.54, 1.807) is 0 Å². The van der Waals surface area contributed by atoms with Crippen molar-refractivity contribution >= 4 is 40.6 Å². The van der Waals surface area contributed by atoms with Crippen molar-refractivity contribution in [3.63, 3.8) is 0 Å². The third kappa shape index (κ3) is 4.97. The Morgan fingerprint density at radius 1 is 1.29 bits per heavy atom. The Balaban J connectivity index is 1.55. The van der Waals surface area contributed by atoms with Gasteiger partial charge < -0.3 is 5.32 Å². The molecular formula is C19H18FN5O5S. The van der Waals surface area contributed by atoms with Crippen molar-refractivity contribution in [2.75, 3.05) is 13.1 Å². The van der Waals surface area contributed by atoms with Gasteiger partial charge in [0.2, 0.25) is 5.91 Å². The van der Waals surface area contributed by atoms with E-state index >= 15 is 0 Å². The summed E-state index contributed by atoms with van der Waals surface area (Å²) in [4.78, 5) is 48.4. The molecule has 1 aliphatic rings. The second kappa shape index (κ2) is 9.08. The summed E-state index contributed by atoms with van der Waals surface area (Å²) >= 11 is 0.765. The summed E-state index contributed by atoms with van der Waals surface area (Å²) in [7, 11) is 0. The summed E-state index contributed by atoms with van der Waals surface area (Å²) in [6.45, 7) is 2.74. The lowest BCUT2D eigenvalue weighted by atomic mass is 10.2. The Bertz CT molecular complexity index is 1100. The summed E-state index contributed by atoms with van der Waals surface area (Å²) < 4.78 is 14.2. The first-order valence-corrected chi connectivity index (χ1v) is 9.95. The zero-order valence-corrected chi connectivity index (χ0v) is 17.4. The molecule has 0 atom stereocenters. The van der Waals surface area contributed by atoms with Crippen LogP contribution in [0.4, 0.5) is 14.9 Å². The minimum atomic E-state index is -0.550. The number of nitro groups is 1. The van der Waals surface area contributed by atoms with Crippen LogP contribution in [0.25, 0.3) is 6.08 Å². The summed E-state index contributed by atoms with van der Waals surface area (Å²) in [6.07, 6.45) is 1.50.